The predicted molar refractivity (Wildman–Crippen MR) is 127 cm³/mol. The summed E-state index contributed by atoms with van der Waals surface area (Å²) in [7, 11) is 0. The maximum atomic E-state index is 14.9. The number of fused-ring (bicyclic) bond motifs is 5. The van der Waals surface area contributed by atoms with Gasteiger partial charge in [-0.15, -0.1) is 0 Å². The van der Waals surface area contributed by atoms with Crippen molar-refractivity contribution >= 4 is 22.8 Å². The molecule has 1 amide bonds. The highest BCUT2D eigenvalue weighted by Crippen LogP contribution is 2.45. The normalized spacial score (nSPS) is 21.6. The number of cyclic esters (lactones) is 1. The van der Waals surface area contributed by atoms with Gasteiger partial charge >= 0.3 is 5.97 Å². The lowest BCUT2D eigenvalue weighted by Gasteiger charge is -2.31. The topological polar surface area (TPSA) is 137 Å². The third kappa shape index (κ3) is 2.88. The minimum atomic E-state index is -1.94. The number of pyridine rings is 2. The van der Waals surface area contributed by atoms with Crippen LogP contribution in [0.4, 0.5) is 4.39 Å². The third-order valence-corrected chi connectivity index (χ3v) is 7.90. The number of hydrogen-bond donors (Lipinski definition) is 3. The largest absolute Gasteiger partial charge is 0.458 e. The smallest absolute Gasteiger partial charge is 0.343 e. The van der Waals surface area contributed by atoms with Crippen LogP contribution < -0.4 is 16.6 Å². The second-order valence-electron chi connectivity index (χ2n) is 9.67. The van der Waals surface area contributed by atoms with Gasteiger partial charge in [-0.05, 0) is 48.9 Å². The Hall–Kier alpha value is -3.63. The van der Waals surface area contributed by atoms with Crippen molar-refractivity contribution in [3.63, 3.8) is 0 Å². The van der Waals surface area contributed by atoms with Crippen molar-refractivity contribution in [1.29, 1.82) is 0 Å². The molecule has 0 saturated carbocycles. The molecule has 1 aromatic carbocycles. The molecule has 186 valence electrons. The van der Waals surface area contributed by atoms with E-state index in [1.54, 1.807) is 24.5 Å². The molecule has 2 aliphatic heterocycles. The monoisotopic (exact) mass is 492 g/mol. The van der Waals surface area contributed by atoms with Crippen LogP contribution in [0.3, 0.4) is 0 Å². The minimum Gasteiger partial charge on any atom is -0.458 e. The summed E-state index contributed by atoms with van der Waals surface area (Å²) in [6.07, 6.45) is 1.15. The van der Waals surface area contributed by atoms with Crippen molar-refractivity contribution in [3.8, 4) is 11.4 Å². The van der Waals surface area contributed by atoms with E-state index in [1.165, 1.54) is 6.07 Å². The molecule has 3 aliphatic rings. The average Bonchev–Trinajstić information content (AvgIpc) is 3.24. The van der Waals surface area contributed by atoms with Gasteiger partial charge in [-0.3, -0.25) is 9.59 Å². The Labute approximate surface area is 205 Å². The van der Waals surface area contributed by atoms with E-state index < -0.39 is 11.6 Å². The molecule has 2 aromatic heterocycles. The van der Waals surface area contributed by atoms with Crippen LogP contribution in [0.15, 0.2) is 16.9 Å². The fourth-order valence-electron chi connectivity index (χ4n) is 5.95. The van der Waals surface area contributed by atoms with E-state index in [-0.39, 0.29) is 60.6 Å². The Morgan fingerprint density at radius 3 is 2.83 bits per heavy atom. The van der Waals surface area contributed by atoms with Gasteiger partial charge in [0.1, 0.15) is 12.4 Å². The van der Waals surface area contributed by atoms with Gasteiger partial charge in [0.2, 0.25) is 5.91 Å². The van der Waals surface area contributed by atoms with Crippen LogP contribution in [0.2, 0.25) is 0 Å². The Morgan fingerprint density at radius 2 is 2.11 bits per heavy atom. The molecule has 4 N–H and O–H groups in total. The third-order valence-electron chi connectivity index (χ3n) is 7.90. The molecule has 1 unspecified atom stereocenters. The van der Waals surface area contributed by atoms with E-state index in [9.17, 15) is 23.9 Å². The van der Waals surface area contributed by atoms with Crippen LogP contribution >= 0.6 is 0 Å². The van der Waals surface area contributed by atoms with Gasteiger partial charge in [0.05, 0.1) is 41.6 Å². The first kappa shape index (κ1) is 22.8. The highest BCUT2D eigenvalue weighted by atomic mass is 19.1. The van der Waals surface area contributed by atoms with Crippen molar-refractivity contribution < 1.29 is 23.8 Å². The second kappa shape index (κ2) is 7.68. The van der Waals surface area contributed by atoms with Crippen LogP contribution in [0.25, 0.3) is 22.3 Å². The van der Waals surface area contributed by atoms with Crippen LogP contribution in [0.5, 0.6) is 0 Å². The molecule has 2 atom stereocenters. The molecule has 6 rings (SSSR count). The van der Waals surface area contributed by atoms with E-state index in [0.29, 0.717) is 35.3 Å². The highest BCUT2D eigenvalue weighted by Gasteiger charge is 2.46. The lowest BCUT2D eigenvalue weighted by molar-refractivity contribution is -0.172. The number of rotatable bonds is 3. The number of hydrogen-bond acceptors (Lipinski definition) is 7. The van der Waals surface area contributed by atoms with E-state index in [0.717, 1.165) is 22.1 Å². The van der Waals surface area contributed by atoms with Gasteiger partial charge in [0.25, 0.3) is 5.56 Å². The maximum absolute atomic E-state index is 14.9. The summed E-state index contributed by atoms with van der Waals surface area (Å²) in [4.78, 5) is 43.1. The number of benzene rings is 1. The Kier molecular flexibility index (Phi) is 4.87. The SMILES string of the molecule is CC[C@]1(O)C(=O)OCc2c1cc1n(c2=O)Cc2c-1nc1cc(F)c(C)c3c1c2C(NC(=O)CN)CC3. The molecule has 10 heteroatoms. The number of nitrogens with one attached hydrogen (secondary N) is 1. The Bertz CT molecular complexity index is 1580. The average molecular weight is 493 g/mol. The summed E-state index contributed by atoms with van der Waals surface area (Å²) in [6.45, 7) is 3.17. The van der Waals surface area contributed by atoms with Gasteiger partial charge in [0, 0.05) is 22.6 Å². The number of nitrogens with two attached hydrogens (primary N) is 1. The number of aryl methyl sites for hydroxylation is 1. The standard InChI is InChI=1S/C26H25FN4O5/c1-3-26(35)15-6-19-23-13(9-31(19)24(33)14(15)10-36-25(26)34)22-17(29-20(32)8-28)5-4-12-11(2)16(27)7-18(30-23)21(12)22/h6-7,17,35H,3-5,8-10,28H2,1-2H3,(H,29,32)/t17?,26-/m1/s1. The van der Waals surface area contributed by atoms with E-state index in [1.807, 2.05) is 0 Å². The number of esters is 1. The van der Waals surface area contributed by atoms with Gasteiger partial charge in [-0.25, -0.2) is 14.2 Å². The summed E-state index contributed by atoms with van der Waals surface area (Å²) >= 11 is 0. The van der Waals surface area contributed by atoms with Gasteiger partial charge in [-0.1, -0.05) is 6.92 Å². The molecule has 0 fully saturated rings. The Balaban J connectivity index is 1.66. The molecule has 3 aromatic rings. The highest BCUT2D eigenvalue weighted by molar-refractivity contribution is 5.94. The summed E-state index contributed by atoms with van der Waals surface area (Å²) in [5.41, 5.74) is 7.96. The zero-order chi connectivity index (χ0) is 25.5. The number of nitrogens with zero attached hydrogens (tertiary/aromatic N) is 2. The lowest BCUT2D eigenvalue weighted by Crippen LogP contribution is -2.44. The zero-order valence-corrected chi connectivity index (χ0v) is 19.9. The molecular formula is C26H25FN4O5. The molecule has 1 aliphatic carbocycles. The fraction of sp³-hybridized carbons (Fsp3) is 0.385. The van der Waals surface area contributed by atoms with Crippen LogP contribution in [0, 0.1) is 12.7 Å². The maximum Gasteiger partial charge on any atom is 0.343 e. The van der Waals surface area contributed by atoms with E-state index >= 15 is 0 Å². The number of ether oxygens (including phenoxy) is 1. The van der Waals surface area contributed by atoms with Crippen molar-refractivity contribution in [3.05, 3.63) is 61.7 Å². The minimum absolute atomic E-state index is 0.0338. The first-order valence-electron chi connectivity index (χ1n) is 12.0. The fourth-order valence-corrected chi connectivity index (χ4v) is 5.95. The van der Waals surface area contributed by atoms with Crippen molar-refractivity contribution in [2.24, 2.45) is 5.73 Å². The van der Waals surface area contributed by atoms with Crippen LogP contribution in [-0.4, -0.2) is 33.1 Å². The number of carbonyl (C=O) groups is 2. The molecule has 0 spiro atoms. The number of halogens is 1. The quantitative estimate of drug-likeness (QED) is 0.370. The molecule has 0 radical (unpaired) electrons. The van der Waals surface area contributed by atoms with Crippen molar-refractivity contribution in [1.82, 2.24) is 14.9 Å². The molecule has 9 nitrogen and oxygen atoms in total. The zero-order valence-electron chi connectivity index (χ0n) is 19.9. The van der Waals surface area contributed by atoms with Crippen LogP contribution in [-0.2, 0) is 39.5 Å². The molecule has 0 saturated heterocycles. The molecule has 36 heavy (non-hydrogen) atoms. The number of amides is 1. The number of aromatic nitrogens is 2. The summed E-state index contributed by atoms with van der Waals surface area (Å²) in [6, 6.07) is 2.62. The molecular weight excluding hydrogens is 467 g/mol. The van der Waals surface area contributed by atoms with E-state index in [4.69, 9.17) is 15.5 Å². The van der Waals surface area contributed by atoms with Gasteiger partial charge in [-0.2, -0.15) is 0 Å². The summed E-state index contributed by atoms with van der Waals surface area (Å²) in [5.74, 6) is -1.48. The van der Waals surface area contributed by atoms with Gasteiger partial charge in [0.15, 0.2) is 5.60 Å². The summed E-state index contributed by atoms with van der Waals surface area (Å²) in [5, 5.41) is 14.9. The second-order valence-corrected chi connectivity index (χ2v) is 9.67. The number of aliphatic hydroxyl groups is 1. The lowest BCUT2D eigenvalue weighted by atomic mass is 9.81. The van der Waals surface area contributed by atoms with Crippen LogP contribution in [0.1, 0.15) is 59.2 Å². The first-order valence-corrected chi connectivity index (χ1v) is 12.0. The van der Waals surface area contributed by atoms with Crippen molar-refractivity contribution in [2.75, 3.05) is 6.54 Å². The van der Waals surface area contributed by atoms with Crippen molar-refractivity contribution in [2.45, 2.75) is 57.9 Å². The first-order chi connectivity index (χ1) is 17.2. The Morgan fingerprint density at radius 1 is 1.33 bits per heavy atom. The summed E-state index contributed by atoms with van der Waals surface area (Å²) < 4.78 is 21.6. The van der Waals surface area contributed by atoms with Gasteiger partial charge < -0.3 is 25.5 Å². The molecule has 0 bridgehead atoms. The predicted octanol–water partition coefficient (Wildman–Crippen LogP) is 1.59. The number of carbonyl (C=O) groups excluding carboxylic acids is 2. The van der Waals surface area contributed by atoms with E-state index in [2.05, 4.69) is 5.32 Å². The molecule has 4 heterocycles.